The van der Waals surface area contributed by atoms with E-state index in [-0.39, 0.29) is 0 Å². The van der Waals surface area contributed by atoms with Crippen LogP contribution in [-0.2, 0) is 0 Å². The van der Waals surface area contributed by atoms with E-state index < -0.39 is 0 Å². The van der Waals surface area contributed by atoms with Crippen molar-refractivity contribution in [2.75, 3.05) is 26.2 Å². The lowest BCUT2D eigenvalue weighted by atomic mass is 9.92. The Hall–Kier alpha value is -0.0151. The first-order valence-electron chi connectivity index (χ1n) is 8.94. The van der Waals surface area contributed by atoms with Crippen LogP contribution in [0.5, 0.6) is 0 Å². The third kappa shape index (κ3) is 13.0. The van der Waals surface area contributed by atoms with E-state index in [1.54, 1.807) is 0 Å². The summed E-state index contributed by atoms with van der Waals surface area (Å²) in [6.07, 6.45) is 9.54. The minimum atomic E-state index is 0.744. The first-order valence-corrected chi connectivity index (χ1v) is 8.94. The number of unbranched alkanes of at least 4 members (excludes halogenated alkanes) is 2. The predicted octanol–water partition coefficient (Wildman–Crippen LogP) is 4.02. The molecule has 3 heteroatoms. The maximum Gasteiger partial charge on any atom is 0.0783 e. The quantitative estimate of drug-likeness (QED) is 0.301. The zero-order chi connectivity index (χ0) is 15.7. The molecule has 0 rings (SSSR count). The summed E-state index contributed by atoms with van der Waals surface area (Å²) in [6.45, 7) is 16.9. The highest BCUT2D eigenvalue weighted by atomic mass is 16.2. The standard InChI is InChI=1S/C12H28N.C5H11BO/c1-5-9-13(10-6-2,11-7-3)12-8-4;1-2-3-4-5-6-7/h5-12H2,1-4H3;2-5H2,1H3/q+1;-1. The molecule has 0 aliphatic heterocycles. The van der Waals surface area contributed by atoms with E-state index in [4.69, 9.17) is 0 Å². The van der Waals surface area contributed by atoms with Crippen LogP contribution >= 0.6 is 0 Å². The third-order valence-corrected chi connectivity index (χ3v) is 3.72. The van der Waals surface area contributed by atoms with Gasteiger partial charge in [-0.3, -0.25) is 0 Å². The van der Waals surface area contributed by atoms with Crippen molar-refractivity contribution < 1.29 is 9.51 Å². The van der Waals surface area contributed by atoms with Gasteiger partial charge < -0.3 is 9.51 Å². The van der Waals surface area contributed by atoms with Crippen LogP contribution in [-0.4, -0.2) is 38.1 Å². The van der Waals surface area contributed by atoms with Crippen molar-refractivity contribution in [2.45, 2.75) is 85.9 Å². The van der Waals surface area contributed by atoms with Gasteiger partial charge in [0.1, 0.15) is 0 Å². The highest BCUT2D eigenvalue weighted by molar-refractivity contribution is 6.22. The third-order valence-electron chi connectivity index (χ3n) is 3.72. The van der Waals surface area contributed by atoms with Crippen molar-refractivity contribution in [1.82, 2.24) is 0 Å². The molecule has 0 amide bonds. The average Bonchev–Trinajstić information content (AvgIpc) is 2.41. The van der Waals surface area contributed by atoms with Gasteiger partial charge in [-0.15, -0.1) is 6.32 Å². The van der Waals surface area contributed by atoms with Gasteiger partial charge in [0, 0.05) is 0 Å². The highest BCUT2D eigenvalue weighted by Crippen LogP contribution is 2.12. The van der Waals surface area contributed by atoms with Crippen LogP contribution in [0, 0.1) is 0 Å². The topological polar surface area (TPSA) is 23.1 Å². The Bertz CT molecular complexity index is 143. The molecule has 0 heterocycles. The first-order chi connectivity index (χ1) is 9.66. The molecule has 0 spiro atoms. The molecule has 121 valence electrons. The summed E-state index contributed by atoms with van der Waals surface area (Å²) in [6, 6.07) is 0. The summed E-state index contributed by atoms with van der Waals surface area (Å²) < 4.78 is 1.38. The second-order valence-electron chi connectivity index (χ2n) is 5.90. The van der Waals surface area contributed by atoms with E-state index in [1.807, 2.05) is 0 Å². The molecule has 0 saturated heterocycles. The molecule has 0 unspecified atom stereocenters. The fourth-order valence-electron chi connectivity index (χ4n) is 3.05. The number of quaternary nitrogens is 1. The van der Waals surface area contributed by atoms with Gasteiger partial charge >= 0.3 is 0 Å². The van der Waals surface area contributed by atoms with Gasteiger partial charge in [-0.25, -0.2) is 0 Å². The number of hydrogen-bond acceptors (Lipinski definition) is 1. The van der Waals surface area contributed by atoms with E-state index in [2.05, 4.69) is 34.6 Å². The predicted molar refractivity (Wildman–Crippen MR) is 91.0 cm³/mol. The normalized spacial score (nSPS) is 10.9. The van der Waals surface area contributed by atoms with Crippen LogP contribution in [0.1, 0.15) is 79.6 Å². The Morgan fingerprint density at radius 1 is 0.650 bits per heavy atom. The Labute approximate surface area is 129 Å². The van der Waals surface area contributed by atoms with Crippen LogP contribution in [0.2, 0.25) is 6.32 Å². The van der Waals surface area contributed by atoms with E-state index in [0.717, 1.165) is 20.2 Å². The molecule has 0 bridgehead atoms. The second kappa shape index (κ2) is 17.0. The molecule has 0 aliphatic rings. The van der Waals surface area contributed by atoms with Crippen molar-refractivity contribution in [1.29, 1.82) is 0 Å². The van der Waals surface area contributed by atoms with Crippen LogP contribution in [0.15, 0.2) is 0 Å². The Morgan fingerprint density at radius 3 is 1.30 bits per heavy atom. The zero-order valence-corrected chi connectivity index (χ0v) is 14.9. The lowest BCUT2D eigenvalue weighted by molar-refractivity contribution is -0.928. The van der Waals surface area contributed by atoms with Gasteiger partial charge in [0.2, 0.25) is 0 Å². The van der Waals surface area contributed by atoms with Crippen molar-refractivity contribution in [2.24, 2.45) is 0 Å². The largest absolute Gasteiger partial charge is 0.885 e. The molecule has 0 aromatic carbocycles. The zero-order valence-electron chi connectivity index (χ0n) is 14.9. The smallest absolute Gasteiger partial charge is 0.0783 e. The summed E-state index contributed by atoms with van der Waals surface area (Å²) in [5, 5.41) is 9.68. The van der Waals surface area contributed by atoms with Crippen LogP contribution in [0.25, 0.3) is 0 Å². The van der Waals surface area contributed by atoms with Crippen molar-refractivity contribution >= 4 is 7.48 Å². The molecule has 0 aliphatic carbocycles. The fraction of sp³-hybridized carbons (Fsp3) is 1.00. The van der Waals surface area contributed by atoms with Gasteiger partial charge in [0.05, 0.1) is 26.2 Å². The van der Waals surface area contributed by atoms with Crippen LogP contribution in [0.4, 0.5) is 0 Å². The number of rotatable bonds is 12. The minimum Gasteiger partial charge on any atom is -0.885 e. The average molecular weight is 284 g/mol. The maximum absolute atomic E-state index is 9.68. The minimum absolute atomic E-state index is 0.744. The van der Waals surface area contributed by atoms with Crippen molar-refractivity contribution in [3.8, 4) is 0 Å². The van der Waals surface area contributed by atoms with E-state index in [9.17, 15) is 5.02 Å². The molecule has 1 radical (unpaired) electrons. The monoisotopic (exact) mass is 284 g/mol. The first kappa shape index (κ1) is 22.3. The summed E-state index contributed by atoms with van der Waals surface area (Å²) in [5.74, 6) is 0. The molecule has 0 atom stereocenters. The molecule has 0 aromatic heterocycles. The Kier molecular flexibility index (Phi) is 19.0. The van der Waals surface area contributed by atoms with E-state index in [1.165, 1.54) is 69.2 Å². The number of nitrogens with zero attached hydrogens (tertiary/aromatic N) is 1. The van der Waals surface area contributed by atoms with Crippen molar-refractivity contribution in [3.63, 3.8) is 0 Å². The summed E-state index contributed by atoms with van der Waals surface area (Å²) in [5.41, 5.74) is 0. The van der Waals surface area contributed by atoms with Gasteiger partial charge in [-0.1, -0.05) is 53.9 Å². The van der Waals surface area contributed by atoms with Gasteiger partial charge in [-0.05, 0) is 33.2 Å². The molecule has 0 aromatic rings. The summed E-state index contributed by atoms with van der Waals surface area (Å²) in [7, 11) is 0.982. The lowest BCUT2D eigenvalue weighted by Gasteiger charge is -2.38. The van der Waals surface area contributed by atoms with E-state index >= 15 is 0 Å². The Morgan fingerprint density at radius 2 is 1.05 bits per heavy atom. The van der Waals surface area contributed by atoms with Crippen LogP contribution < -0.4 is 5.02 Å². The molecule has 20 heavy (non-hydrogen) atoms. The van der Waals surface area contributed by atoms with Crippen molar-refractivity contribution in [3.05, 3.63) is 0 Å². The lowest BCUT2D eigenvalue weighted by Crippen LogP contribution is -2.50. The van der Waals surface area contributed by atoms with Gasteiger partial charge in [0.25, 0.3) is 0 Å². The SMILES string of the molecule is CCCCC[B][O-].CCC[N+](CCC)(CCC)CCC. The van der Waals surface area contributed by atoms with Crippen LogP contribution in [0.3, 0.4) is 0 Å². The van der Waals surface area contributed by atoms with Gasteiger partial charge in [0.15, 0.2) is 0 Å². The molecular formula is C17H39BNO. The van der Waals surface area contributed by atoms with E-state index in [0.29, 0.717) is 0 Å². The fourth-order valence-corrected chi connectivity index (χ4v) is 3.05. The molecule has 0 saturated carbocycles. The summed E-state index contributed by atoms with van der Waals surface area (Å²) in [4.78, 5) is 0. The highest BCUT2D eigenvalue weighted by Gasteiger charge is 2.22. The molecule has 0 N–H and O–H groups in total. The number of hydrogen-bond donors (Lipinski definition) is 0. The van der Waals surface area contributed by atoms with Gasteiger partial charge in [-0.2, -0.15) is 0 Å². The Balaban J connectivity index is 0. The molecule has 0 fully saturated rings. The summed E-state index contributed by atoms with van der Waals surface area (Å²) >= 11 is 0. The molecule has 2 nitrogen and oxygen atoms in total. The molecular weight excluding hydrogens is 245 g/mol. The second-order valence-corrected chi connectivity index (χ2v) is 5.90. The maximum atomic E-state index is 9.68.